The van der Waals surface area contributed by atoms with Gasteiger partial charge in [0, 0.05) is 11.6 Å². The van der Waals surface area contributed by atoms with Gasteiger partial charge in [-0.1, -0.05) is 18.0 Å². The van der Waals surface area contributed by atoms with Crippen molar-refractivity contribution >= 4 is 0 Å². The van der Waals surface area contributed by atoms with Gasteiger partial charge in [0.15, 0.2) is 0 Å². The van der Waals surface area contributed by atoms with Gasteiger partial charge in [-0.25, -0.2) is 4.39 Å². The normalized spacial score (nSPS) is 22.9. The zero-order valence-corrected chi connectivity index (χ0v) is 11.5. The molecular formula is C15H18FN3O. The van der Waals surface area contributed by atoms with Crippen LogP contribution in [-0.2, 0) is 0 Å². The maximum atomic E-state index is 12.9. The van der Waals surface area contributed by atoms with Crippen molar-refractivity contribution in [3.8, 4) is 11.4 Å². The largest absolute Gasteiger partial charge is 0.339 e. The lowest BCUT2D eigenvalue weighted by Crippen LogP contribution is -2.34. The van der Waals surface area contributed by atoms with E-state index in [1.165, 1.54) is 25.0 Å². The summed E-state index contributed by atoms with van der Waals surface area (Å²) in [6.07, 6.45) is 4.63. The van der Waals surface area contributed by atoms with Crippen LogP contribution < -0.4 is 5.32 Å². The average Bonchev–Trinajstić information content (AvgIpc) is 2.97. The minimum Gasteiger partial charge on any atom is -0.339 e. The van der Waals surface area contributed by atoms with Crippen LogP contribution in [0.15, 0.2) is 28.8 Å². The van der Waals surface area contributed by atoms with Crippen molar-refractivity contribution in [2.24, 2.45) is 0 Å². The molecule has 1 fully saturated rings. The van der Waals surface area contributed by atoms with E-state index in [-0.39, 0.29) is 11.7 Å². The molecule has 106 valence electrons. The number of halogens is 1. The fourth-order valence-corrected chi connectivity index (χ4v) is 2.87. The molecule has 1 saturated carbocycles. The summed E-state index contributed by atoms with van der Waals surface area (Å²) in [7, 11) is 1.97. The molecule has 1 aliphatic carbocycles. The van der Waals surface area contributed by atoms with Gasteiger partial charge in [0.05, 0.1) is 5.92 Å². The molecule has 1 heterocycles. The lowest BCUT2D eigenvalue weighted by molar-refractivity contribution is 0.270. The van der Waals surface area contributed by atoms with Crippen LogP contribution in [0.4, 0.5) is 4.39 Å². The molecule has 0 aliphatic heterocycles. The van der Waals surface area contributed by atoms with Crippen molar-refractivity contribution in [3.05, 3.63) is 36.0 Å². The van der Waals surface area contributed by atoms with Gasteiger partial charge in [-0.2, -0.15) is 4.98 Å². The molecule has 1 aromatic heterocycles. The van der Waals surface area contributed by atoms with E-state index in [4.69, 9.17) is 4.52 Å². The van der Waals surface area contributed by atoms with E-state index in [1.54, 1.807) is 12.1 Å². The first-order valence-electron chi connectivity index (χ1n) is 7.05. The lowest BCUT2D eigenvalue weighted by Gasteiger charge is -2.28. The second kappa shape index (κ2) is 5.71. The monoisotopic (exact) mass is 275 g/mol. The summed E-state index contributed by atoms with van der Waals surface area (Å²) in [6, 6.07) is 6.54. The highest BCUT2D eigenvalue weighted by molar-refractivity contribution is 5.53. The van der Waals surface area contributed by atoms with Gasteiger partial charge < -0.3 is 9.84 Å². The van der Waals surface area contributed by atoms with Crippen molar-refractivity contribution in [1.29, 1.82) is 0 Å². The number of rotatable bonds is 3. The molecule has 3 rings (SSSR count). The smallest absolute Gasteiger partial charge is 0.231 e. The molecule has 20 heavy (non-hydrogen) atoms. The number of benzene rings is 1. The third kappa shape index (κ3) is 2.58. The van der Waals surface area contributed by atoms with E-state index >= 15 is 0 Å². The standard InChI is InChI=1S/C15H18FN3O/c1-17-13-5-3-2-4-12(13)15-18-14(19-20-15)10-6-8-11(16)9-7-10/h6-9,12-13,17H,2-5H2,1H3. The molecule has 0 amide bonds. The highest BCUT2D eigenvalue weighted by Crippen LogP contribution is 2.32. The second-order valence-electron chi connectivity index (χ2n) is 5.25. The zero-order valence-electron chi connectivity index (χ0n) is 11.5. The summed E-state index contributed by atoms with van der Waals surface area (Å²) in [5, 5.41) is 7.36. The Morgan fingerprint density at radius 1 is 1.20 bits per heavy atom. The van der Waals surface area contributed by atoms with Crippen LogP contribution in [0.25, 0.3) is 11.4 Å². The van der Waals surface area contributed by atoms with Crippen LogP contribution in [0, 0.1) is 5.82 Å². The van der Waals surface area contributed by atoms with Gasteiger partial charge in [-0.05, 0) is 44.2 Å². The third-order valence-electron chi connectivity index (χ3n) is 4.00. The molecule has 2 aromatic rings. The van der Waals surface area contributed by atoms with Crippen molar-refractivity contribution < 1.29 is 8.91 Å². The summed E-state index contributed by atoms with van der Waals surface area (Å²) in [6.45, 7) is 0. The number of nitrogens with one attached hydrogen (secondary N) is 1. The van der Waals surface area contributed by atoms with Crippen LogP contribution in [0.5, 0.6) is 0 Å². The maximum absolute atomic E-state index is 12.9. The number of likely N-dealkylation sites (N-methyl/N-ethyl adjacent to an activating group) is 1. The van der Waals surface area contributed by atoms with Gasteiger partial charge >= 0.3 is 0 Å². The topological polar surface area (TPSA) is 51.0 Å². The molecule has 2 unspecified atom stereocenters. The molecule has 2 atom stereocenters. The van der Waals surface area contributed by atoms with E-state index < -0.39 is 0 Å². The molecule has 4 nitrogen and oxygen atoms in total. The summed E-state index contributed by atoms with van der Waals surface area (Å²) < 4.78 is 18.3. The second-order valence-corrected chi connectivity index (χ2v) is 5.25. The first-order chi connectivity index (χ1) is 9.78. The van der Waals surface area contributed by atoms with E-state index in [0.29, 0.717) is 17.8 Å². The molecular weight excluding hydrogens is 257 g/mol. The number of hydrogen-bond acceptors (Lipinski definition) is 4. The van der Waals surface area contributed by atoms with Crippen LogP contribution in [0.2, 0.25) is 0 Å². The molecule has 0 saturated heterocycles. The fourth-order valence-electron chi connectivity index (χ4n) is 2.87. The predicted molar refractivity (Wildman–Crippen MR) is 73.7 cm³/mol. The van der Waals surface area contributed by atoms with Gasteiger partial charge in [-0.15, -0.1) is 0 Å². The molecule has 1 N–H and O–H groups in total. The van der Waals surface area contributed by atoms with Crippen molar-refractivity contribution in [3.63, 3.8) is 0 Å². The number of hydrogen-bond donors (Lipinski definition) is 1. The molecule has 0 spiro atoms. The molecule has 0 radical (unpaired) electrons. The SMILES string of the molecule is CNC1CCCCC1c1nc(-c2ccc(F)cc2)no1. The Bertz CT molecular complexity index is 567. The van der Waals surface area contributed by atoms with Gasteiger partial charge in [-0.3, -0.25) is 0 Å². The third-order valence-corrected chi connectivity index (χ3v) is 4.00. The first kappa shape index (κ1) is 13.2. The van der Waals surface area contributed by atoms with E-state index in [2.05, 4.69) is 15.5 Å². The van der Waals surface area contributed by atoms with Gasteiger partial charge in [0.2, 0.25) is 11.7 Å². The van der Waals surface area contributed by atoms with Crippen molar-refractivity contribution in [1.82, 2.24) is 15.5 Å². The van der Waals surface area contributed by atoms with Crippen LogP contribution in [-0.4, -0.2) is 23.2 Å². The molecule has 5 heteroatoms. The highest BCUT2D eigenvalue weighted by atomic mass is 19.1. The Kier molecular flexibility index (Phi) is 3.78. The Balaban J connectivity index is 1.84. The van der Waals surface area contributed by atoms with Crippen LogP contribution in [0.3, 0.4) is 0 Å². The van der Waals surface area contributed by atoms with Gasteiger partial charge in [0.1, 0.15) is 5.82 Å². The number of nitrogens with zero attached hydrogens (tertiary/aromatic N) is 2. The summed E-state index contributed by atoms with van der Waals surface area (Å²) in [5.41, 5.74) is 0.776. The average molecular weight is 275 g/mol. The molecule has 0 bridgehead atoms. The lowest BCUT2D eigenvalue weighted by atomic mass is 9.84. The predicted octanol–water partition coefficient (Wildman–Crippen LogP) is 3.12. The zero-order chi connectivity index (χ0) is 13.9. The van der Waals surface area contributed by atoms with Crippen molar-refractivity contribution in [2.75, 3.05) is 7.05 Å². The Morgan fingerprint density at radius 3 is 2.70 bits per heavy atom. The summed E-state index contributed by atoms with van der Waals surface area (Å²) >= 11 is 0. The van der Waals surface area contributed by atoms with Gasteiger partial charge in [0.25, 0.3) is 0 Å². The highest BCUT2D eigenvalue weighted by Gasteiger charge is 2.29. The maximum Gasteiger partial charge on any atom is 0.231 e. The van der Waals surface area contributed by atoms with Crippen LogP contribution in [0.1, 0.15) is 37.5 Å². The van der Waals surface area contributed by atoms with E-state index in [1.807, 2.05) is 7.05 Å². The summed E-state index contributed by atoms with van der Waals surface area (Å²) in [4.78, 5) is 4.49. The summed E-state index contributed by atoms with van der Waals surface area (Å²) in [5.74, 6) is 1.22. The van der Waals surface area contributed by atoms with E-state index in [0.717, 1.165) is 18.4 Å². The van der Waals surface area contributed by atoms with Crippen LogP contribution >= 0.6 is 0 Å². The molecule has 1 aromatic carbocycles. The Hall–Kier alpha value is -1.75. The Labute approximate surface area is 117 Å². The fraction of sp³-hybridized carbons (Fsp3) is 0.467. The van der Waals surface area contributed by atoms with E-state index in [9.17, 15) is 4.39 Å². The Morgan fingerprint density at radius 2 is 1.95 bits per heavy atom. The van der Waals surface area contributed by atoms with Crippen molar-refractivity contribution in [2.45, 2.75) is 37.6 Å². The molecule has 1 aliphatic rings. The minimum atomic E-state index is -0.264. The minimum absolute atomic E-state index is 0.264. The number of aromatic nitrogens is 2. The first-order valence-corrected chi connectivity index (χ1v) is 7.05. The quantitative estimate of drug-likeness (QED) is 0.935.